The Morgan fingerprint density at radius 2 is 2.10 bits per heavy atom. The Balaban J connectivity index is 2.07. The smallest absolute Gasteiger partial charge is 0.150 e. The summed E-state index contributed by atoms with van der Waals surface area (Å²) in [6, 6.07) is 0.173. The normalized spacial score (nSPS) is 37.0. The maximum absolute atomic E-state index is 11.8. The molecule has 0 spiro atoms. The van der Waals surface area contributed by atoms with Crippen LogP contribution in [-0.2, 0) is 14.6 Å². The molecule has 2 rings (SSSR count). The fourth-order valence-electron chi connectivity index (χ4n) is 4.00. The number of ether oxygens (including phenoxy) is 1. The summed E-state index contributed by atoms with van der Waals surface area (Å²) in [5.74, 6) is 6.55. The molecule has 3 N–H and O–H groups in total. The van der Waals surface area contributed by atoms with Crippen molar-refractivity contribution in [2.75, 3.05) is 12.9 Å². The minimum absolute atomic E-state index is 0.173. The third-order valence-electron chi connectivity index (χ3n) is 5.10. The standard InChI is InChI=1S/C14H28N2O3S/c1-3-13-12(7-8-19-13)14(16-15)10-5-4-6-11(9-10)20(2,17)18/h10-14,16H,3-9,15H2,1-2H3. The third-order valence-corrected chi connectivity index (χ3v) is 6.74. The van der Waals surface area contributed by atoms with Gasteiger partial charge in [0.15, 0.2) is 0 Å². The van der Waals surface area contributed by atoms with Crippen LogP contribution >= 0.6 is 0 Å². The highest BCUT2D eigenvalue weighted by molar-refractivity contribution is 7.91. The van der Waals surface area contributed by atoms with Crippen LogP contribution in [0.15, 0.2) is 0 Å². The van der Waals surface area contributed by atoms with E-state index in [2.05, 4.69) is 12.3 Å². The lowest BCUT2D eigenvalue weighted by Crippen LogP contribution is -2.50. The van der Waals surface area contributed by atoms with Crippen LogP contribution in [0.2, 0.25) is 0 Å². The Kier molecular flexibility index (Phi) is 5.45. The van der Waals surface area contributed by atoms with Crippen LogP contribution in [0.25, 0.3) is 0 Å². The van der Waals surface area contributed by atoms with Gasteiger partial charge in [-0.25, -0.2) is 8.42 Å². The first-order valence-corrected chi connectivity index (χ1v) is 9.69. The molecule has 5 nitrogen and oxygen atoms in total. The zero-order valence-electron chi connectivity index (χ0n) is 12.5. The summed E-state index contributed by atoms with van der Waals surface area (Å²) in [7, 11) is -2.94. The zero-order valence-corrected chi connectivity index (χ0v) is 13.4. The fourth-order valence-corrected chi connectivity index (χ4v) is 5.19. The minimum Gasteiger partial charge on any atom is -0.378 e. The van der Waals surface area contributed by atoms with Gasteiger partial charge in [0.25, 0.3) is 0 Å². The summed E-state index contributed by atoms with van der Waals surface area (Å²) in [6.07, 6.45) is 7.20. The van der Waals surface area contributed by atoms with Gasteiger partial charge >= 0.3 is 0 Å². The lowest BCUT2D eigenvalue weighted by molar-refractivity contribution is 0.0651. The lowest BCUT2D eigenvalue weighted by atomic mass is 9.76. The second kappa shape index (κ2) is 6.73. The average molecular weight is 304 g/mol. The highest BCUT2D eigenvalue weighted by atomic mass is 32.2. The molecule has 1 aliphatic carbocycles. The molecular weight excluding hydrogens is 276 g/mol. The summed E-state index contributed by atoms with van der Waals surface area (Å²) in [5, 5.41) is -0.195. The molecule has 5 unspecified atom stereocenters. The first-order valence-electron chi connectivity index (χ1n) is 7.74. The SMILES string of the molecule is CCC1OCCC1C(NN)C1CCCC(S(C)(=O)=O)C1. The quantitative estimate of drug-likeness (QED) is 0.590. The van der Waals surface area contributed by atoms with Crippen molar-refractivity contribution >= 4 is 9.84 Å². The van der Waals surface area contributed by atoms with E-state index in [0.717, 1.165) is 45.1 Å². The molecule has 0 radical (unpaired) electrons. The Labute approximate surface area is 122 Å². The molecule has 0 bridgehead atoms. The minimum atomic E-state index is -2.94. The van der Waals surface area contributed by atoms with E-state index in [1.807, 2.05) is 0 Å². The van der Waals surface area contributed by atoms with Crippen molar-refractivity contribution in [2.24, 2.45) is 17.7 Å². The van der Waals surface area contributed by atoms with Gasteiger partial charge in [0, 0.05) is 24.8 Å². The van der Waals surface area contributed by atoms with Crippen LogP contribution in [0.1, 0.15) is 45.4 Å². The van der Waals surface area contributed by atoms with Gasteiger partial charge in [0.1, 0.15) is 9.84 Å². The van der Waals surface area contributed by atoms with Gasteiger partial charge in [-0.1, -0.05) is 13.3 Å². The van der Waals surface area contributed by atoms with Crippen LogP contribution in [0.3, 0.4) is 0 Å². The van der Waals surface area contributed by atoms with Crippen molar-refractivity contribution in [1.29, 1.82) is 0 Å². The van der Waals surface area contributed by atoms with E-state index in [9.17, 15) is 8.42 Å². The van der Waals surface area contributed by atoms with Crippen molar-refractivity contribution in [1.82, 2.24) is 5.43 Å². The highest BCUT2D eigenvalue weighted by Gasteiger charge is 2.40. The number of rotatable bonds is 5. The Bertz CT molecular complexity index is 413. The second-order valence-electron chi connectivity index (χ2n) is 6.34. The molecule has 6 heteroatoms. The highest BCUT2D eigenvalue weighted by Crippen LogP contribution is 2.37. The summed E-state index contributed by atoms with van der Waals surface area (Å²) < 4.78 is 29.4. The number of hydrogen-bond donors (Lipinski definition) is 2. The predicted molar refractivity (Wildman–Crippen MR) is 79.8 cm³/mol. The number of nitrogens with one attached hydrogen (secondary N) is 1. The number of hydrazine groups is 1. The first-order chi connectivity index (χ1) is 9.47. The molecule has 1 aliphatic heterocycles. The molecule has 0 aromatic carbocycles. The van der Waals surface area contributed by atoms with Gasteiger partial charge in [-0.05, 0) is 38.0 Å². The molecule has 1 saturated heterocycles. The molecule has 2 fully saturated rings. The molecule has 20 heavy (non-hydrogen) atoms. The van der Waals surface area contributed by atoms with Crippen LogP contribution in [-0.4, -0.2) is 38.7 Å². The zero-order chi connectivity index (χ0) is 14.8. The van der Waals surface area contributed by atoms with E-state index in [1.165, 1.54) is 6.26 Å². The molecule has 0 aromatic rings. The van der Waals surface area contributed by atoms with Crippen LogP contribution in [0.5, 0.6) is 0 Å². The molecule has 1 heterocycles. The molecule has 0 amide bonds. The predicted octanol–water partition coefficient (Wildman–Crippen LogP) is 1.24. The monoisotopic (exact) mass is 304 g/mol. The van der Waals surface area contributed by atoms with Crippen molar-refractivity contribution in [3.63, 3.8) is 0 Å². The summed E-state index contributed by atoms with van der Waals surface area (Å²) >= 11 is 0. The summed E-state index contributed by atoms with van der Waals surface area (Å²) in [6.45, 7) is 2.93. The maximum Gasteiger partial charge on any atom is 0.150 e. The largest absolute Gasteiger partial charge is 0.378 e. The van der Waals surface area contributed by atoms with Gasteiger partial charge in [-0.2, -0.15) is 0 Å². The third kappa shape index (κ3) is 3.53. The van der Waals surface area contributed by atoms with Gasteiger partial charge in [0.2, 0.25) is 0 Å². The Morgan fingerprint density at radius 3 is 2.70 bits per heavy atom. The van der Waals surface area contributed by atoms with Gasteiger partial charge in [0.05, 0.1) is 11.4 Å². The second-order valence-corrected chi connectivity index (χ2v) is 8.67. The lowest BCUT2D eigenvalue weighted by Gasteiger charge is -2.37. The van der Waals surface area contributed by atoms with Crippen LogP contribution < -0.4 is 11.3 Å². The molecule has 0 aromatic heterocycles. The average Bonchev–Trinajstić information content (AvgIpc) is 2.87. The van der Waals surface area contributed by atoms with Gasteiger partial charge in [-0.3, -0.25) is 11.3 Å². The Hall–Kier alpha value is -0.170. The topological polar surface area (TPSA) is 81.4 Å². The number of nitrogens with two attached hydrogens (primary N) is 1. The fraction of sp³-hybridized carbons (Fsp3) is 1.00. The van der Waals surface area contributed by atoms with Crippen LogP contribution in [0.4, 0.5) is 0 Å². The van der Waals surface area contributed by atoms with E-state index >= 15 is 0 Å². The molecule has 5 atom stereocenters. The van der Waals surface area contributed by atoms with Crippen molar-refractivity contribution in [3.8, 4) is 0 Å². The molecule has 118 valence electrons. The van der Waals surface area contributed by atoms with E-state index in [1.54, 1.807) is 0 Å². The number of sulfone groups is 1. The van der Waals surface area contributed by atoms with E-state index in [4.69, 9.17) is 10.6 Å². The Morgan fingerprint density at radius 1 is 1.35 bits per heavy atom. The van der Waals surface area contributed by atoms with Crippen molar-refractivity contribution in [2.45, 2.75) is 62.8 Å². The number of hydrogen-bond acceptors (Lipinski definition) is 5. The molecule has 2 aliphatic rings. The van der Waals surface area contributed by atoms with Gasteiger partial charge < -0.3 is 4.74 Å². The molecule has 1 saturated carbocycles. The van der Waals surface area contributed by atoms with E-state index < -0.39 is 9.84 Å². The van der Waals surface area contributed by atoms with Crippen molar-refractivity contribution < 1.29 is 13.2 Å². The summed E-state index contributed by atoms with van der Waals surface area (Å²) in [5.41, 5.74) is 2.98. The maximum atomic E-state index is 11.8. The van der Waals surface area contributed by atoms with E-state index in [-0.39, 0.29) is 17.4 Å². The molecular formula is C14H28N2O3S. The first kappa shape index (κ1) is 16.2. The van der Waals surface area contributed by atoms with Crippen molar-refractivity contribution in [3.05, 3.63) is 0 Å². The van der Waals surface area contributed by atoms with Crippen LogP contribution in [0, 0.1) is 11.8 Å². The summed E-state index contributed by atoms with van der Waals surface area (Å²) in [4.78, 5) is 0. The van der Waals surface area contributed by atoms with Gasteiger partial charge in [-0.15, -0.1) is 0 Å². The van der Waals surface area contributed by atoms with E-state index in [0.29, 0.717) is 11.8 Å².